The Balaban J connectivity index is 1.80. The van der Waals surface area contributed by atoms with Gasteiger partial charge in [0.15, 0.2) is 0 Å². The lowest BCUT2D eigenvalue weighted by molar-refractivity contribution is -0.144. The number of likely N-dealkylation sites (N-methyl/N-ethyl adjacent to an activating group) is 1. The van der Waals surface area contributed by atoms with E-state index in [0.717, 1.165) is 18.7 Å². The molecule has 1 aromatic rings. The van der Waals surface area contributed by atoms with Gasteiger partial charge in [0.05, 0.1) is 13.2 Å². The molecule has 0 saturated heterocycles. The van der Waals surface area contributed by atoms with Crippen molar-refractivity contribution in [2.24, 2.45) is 0 Å². The van der Waals surface area contributed by atoms with Crippen LogP contribution in [0.2, 0.25) is 0 Å². The summed E-state index contributed by atoms with van der Waals surface area (Å²) in [5, 5.41) is 0. The number of fused-ring (bicyclic) bond motifs is 1. The largest absolute Gasteiger partial charge is 0.488 e. The van der Waals surface area contributed by atoms with Crippen LogP contribution < -0.4 is 4.74 Å². The minimum atomic E-state index is -0.185. The third-order valence-corrected chi connectivity index (χ3v) is 2.93. The van der Waals surface area contributed by atoms with Gasteiger partial charge in [0, 0.05) is 13.0 Å². The Kier molecular flexibility index (Phi) is 4.20. The Morgan fingerprint density at radius 2 is 2.28 bits per heavy atom. The number of para-hydroxylation sites is 1. The summed E-state index contributed by atoms with van der Waals surface area (Å²) < 4.78 is 10.7. The summed E-state index contributed by atoms with van der Waals surface area (Å²) in [5.41, 5.74) is 1.24. The quantitative estimate of drug-likeness (QED) is 0.741. The summed E-state index contributed by atoms with van der Waals surface area (Å²) in [6.45, 7) is 3.28. The predicted molar refractivity (Wildman–Crippen MR) is 68.7 cm³/mol. The van der Waals surface area contributed by atoms with Crippen LogP contribution >= 0.6 is 0 Å². The third-order valence-electron chi connectivity index (χ3n) is 2.93. The van der Waals surface area contributed by atoms with E-state index in [1.54, 1.807) is 0 Å². The maximum absolute atomic E-state index is 11.3. The number of hydrogen-bond donors (Lipinski definition) is 0. The van der Waals surface area contributed by atoms with Crippen LogP contribution in [0.5, 0.6) is 5.75 Å². The molecule has 1 unspecified atom stereocenters. The van der Waals surface area contributed by atoms with E-state index in [-0.39, 0.29) is 12.1 Å². The van der Waals surface area contributed by atoms with Gasteiger partial charge < -0.3 is 9.47 Å². The maximum Gasteiger partial charge on any atom is 0.320 e. The number of rotatable bonds is 5. The second-order valence-electron chi connectivity index (χ2n) is 4.55. The van der Waals surface area contributed by atoms with Crippen LogP contribution in [0.15, 0.2) is 24.3 Å². The van der Waals surface area contributed by atoms with Crippen LogP contribution in [-0.4, -0.2) is 43.7 Å². The molecule has 0 radical (unpaired) electrons. The summed E-state index contributed by atoms with van der Waals surface area (Å²) in [4.78, 5) is 13.3. The SMILES string of the molecule is CCOC(=O)CN(C)CC1Cc2ccccc2O1. The number of hydrogen-bond acceptors (Lipinski definition) is 4. The fraction of sp³-hybridized carbons (Fsp3) is 0.500. The fourth-order valence-electron chi connectivity index (χ4n) is 2.19. The van der Waals surface area contributed by atoms with E-state index in [9.17, 15) is 4.79 Å². The Hall–Kier alpha value is -1.55. The van der Waals surface area contributed by atoms with E-state index in [2.05, 4.69) is 6.07 Å². The van der Waals surface area contributed by atoms with Crippen LogP contribution in [0.25, 0.3) is 0 Å². The van der Waals surface area contributed by atoms with Gasteiger partial charge in [-0.2, -0.15) is 0 Å². The van der Waals surface area contributed by atoms with Gasteiger partial charge in [-0.1, -0.05) is 18.2 Å². The Bertz CT molecular complexity index is 394. The van der Waals surface area contributed by atoms with Crippen molar-refractivity contribution >= 4 is 5.97 Å². The monoisotopic (exact) mass is 249 g/mol. The van der Waals surface area contributed by atoms with Crippen LogP contribution in [0.3, 0.4) is 0 Å². The van der Waals surface area contributed by atoms with Crippen molar-refractivity contribution in [2.45, 2.75) is 19.4 Å². The van der Waals surface area contributed by atoms with Gasteiger partial charge in [-0.05, 0) is 25.6 Å². The fourth-order valence-corrected chi connectivity index (χ4v) is 2.19. The van der Waals surface area contributed by atoms with E-state index < -0.39 is 0 Å². The number of esters is 1. The molecular formula is C14H19NO3. The first kappa shape index (κ1) is 12.9. The third kappa shape index (κ3) is 3.23. The van der Waals surface area contributed by atoms with Crippen LogP contribution in [0.4, 0.5) is 0 Å². The first-order valence-corrected chi connectivity index (χ1v) is 6.27. The molecular weight excluding hydrogens is 230 g/mol. The molecule has 2 rings (SSSR count). The molecule has 0 bridgehead atoms. The lowest BCUT2D eigenvalue weighted by atomic mass is 10.1. The van der Waals surface area contributed by atoms with E-state index in [1.807, 2.05) is 37.1 Å². The Labute approximate surface area is 107 Å². The highest BCUT2D eigenvalue weighted by atomic mass is 16.5. The normalized spacial score (nSPS) is 17.4. The van der Waals surface area contributed by atoms with Crippen molar-refractivity contribution in [3.8, 4) is 5.75 Å². The molecule has 1 aliphatic heterocycles. The standard InChI is InChI=1S/C14H19NO3/c1-3-17-14(16)10-15(2)9-12-8-11-6-4-5-7-13(11)18-12/h4-7,12H,3,8-10H2,1-2H3. The molecule has 18 heavy (non-hydrogen) atoms. The van der Waals surface area contributed by atoms with Crippen molar-refractivity contribution in [3.63, 3.8) is 0 Å². The van der Waals surface area contributed by atoms with Crippen molar-refractivity contribution in [2.75, 3.05) is 26.7 Å². The molecule has 4 nitrogen and oxygen atoms in total. The van der Waals surface area contributed by atoms with E-state index in [0.29, 0.717) is 13.2 Å². The zero-order chi connectivity index (χ0) is 13.0. The maximum atomic E-state index is 11.3. The summed E-state index contributed by atoms with van der Waals surface area (Å²) >= 11 is 0. The van der Waals surface area contributed by atoms with Gasteiger partial charge in [-0.25, -0.2) is 0 Å². The molecule has 1 heterocycles. The van der Waals surface area contributed by atoms with Gasteiger partial charge >= 0.3 is 5.97 Å². The minimum Gasteiger partial charge on any atom is -0.488 e. The molecule has 0 amide bonds. The van der Waals surface area contributed by atoms with E-state index >= 15 is 0 Å². The topological polar surface area (TPSA) is 38.8 Å². The Morgan fingerprint density at radius 1 is 1.50 bits per heavy atom. The van der Waals surface area contributed by atoms with E-state index in [4.69, 9.17) is 9.47 Å². The van der Waals surface area contributed by atoms with Crippen molar-refractivity contribution < 1.29 is 14.3 Å². The van der Waals surface area contributed by atoms with Gasteiger partial charge in [-0.15, -0.1) is 0 Å². The molecule has 0 spiro atoms. The Morgan fingerprint density at radius 3 is 3.00 bits per heavy atom. The van der Waals surface area contributed by atoms with Crippen molar-refractivity contribution in [1.29, 1.82) is 0 Å². The number of benzene rings is 1. The molecule has 1 aliphatic rings. The lowest BCUT2D eigenvalue weighted by Gasteiger charge is -2.19. The first-order chi connectivity index (χ1) is 8.69. The highest BCUT2D eigenvalue weighted by molar-refractivity contribution is 5.71. The summed E-state index contributed by atoms with van der Waals surface area (Å²) in [5.74, 6) is 0.780. The van der Waals surface area contributed by atoms with Gasteiger partial charge in [0.2, 0.25) is 0 Å². The second kappa shape index (κ2) is 5.87. The summed E-state index contributed by atoms with van der Waals surface area (Å²) in [6, 6.07) is 8.07. The number of carbonyl (C=O) groups excluding carboxylic acids is 1. The molecule has 0 aromatic heterocycles. The molecule has 0 fully saturated rings. The zero-order valence-electron chi connectivity index (χ0n) is 10.9. The number of carbonyl (C=O) groups is 1. The minimum absolute atomic E-state index is 0.127. The summed E-state index contributed by atoms with van der Waals surface area (Å²) in [7, 11) is 1.91. The molecule has 0 aliphatic carbocycles. The first-order valence-electron chi connectivity index (χ1n) is 6.27. The molecule has 4 heteroatoms. The smallest absolute Gasteiger partial charge is 0.320 e. The number of ether oxygens (including phenoxy) is 2. The van der Waals surface area contributed by atoms with Gasteiger partial charge in [-0.3, -0.25) is 9.69 Å². The molecule has 1 atom stereocenters. The van der Waals surface area contributed by atoms with Crippen molar-refractivity contribution in [3.05, 3.63) is 29.8 Å². The molecule has 0 N–H and O–H groups in total. The average Bonchev–Trinajstić information content (AvgIpc) is 2.70. The van der Waals surface area contributed by atoms with Crippen LogP contribution in [-0.2, 0) is 16.0 Å². The van der Waals surface area contributed by atoms with Gasteiger partial charge in [0.25, 0.3) is 0 Å². The van der Waals surface area contributed by atoms with Gasteiger partial charge in [0.1, 0.15) is 11.9 Å². The highest BCUT2D eigenvalue weighted by Gasteiger charge is 2.24. The zero-order valence-corrected chi connectivity index (χ0v) is 10.9. The molecule has 98 valence electrons. The molecule has 1 aromatic carbocycles. The summed E-state index contributed by atoms with van der Waals surface area (Å²) in [6.07, 6.45) is 1.03. The van der Waals surface area contributed by atoms with E-state index in [1.165, 1.54) is 5.56 Å². The van der Waals surface area contributed by atoms with Crippen LogP contribution in [0, 0.1) is 0 Å². The average molecular weight is 249 g/mol. The highest BCUT2D eigenvalue weighted by Crippen LogP contribution is 2.28. The van der Waals surface area contributed by atoms with Crippen molar-refractivity contribution in [1.82, 2.24) is 4.90 Å². The predicted octanol–water partition coefficient (Wildman–Crippen LogP) is 1.48. The van der Waals surface area contributed by atoms with Crippen LogP contribution in [0.1, 0.15) is 12.5 Å². The number of nitrogens with zero attached hydrogens (tertiary/aromatic N) is 1. The lowest BCUT2D eigenvalue weighted by Crippen LogP contribution is -2.36. The second-order valence-corrected chi connectivity index (χ2v) is 4.55. The molecule has 0 saturated carbocycles.